The van der Waals surface area contributed by atoms with Crippen LogP contribution in [0, 0.1) is 11.6 Å². The number of hydrogen-bond donors (Lipinski definition) is 1. The van der Waals surface area contributed by atoms with Crippen molar-refractivity contribution in [3.05, 3.63) is 71.3 Å². The largest absolute Gasteiger partial charge is 0.307 e. The Balaban J connectivity index is 1.68. The van der Waals surface area contributed by atoms with E-state index in [1.54, 1.807) is 0 Å². The maximum Gasteiger partial charge on any atom is 0.130 e. The molecule has 3 heteroatoms. The molecule has 3 unspecified atom stereocenters. The fraction of sp³-hybridized carbons (Fsp3) is 0.294. The molecule has 3 rings (SSSR count). The van der Waals surface area contributed by atoms with Crippen molar-refractivity contribution in [3.8, 4) is 0 Å². The number of benzene rings is 2. The minimum absolute atomic E-state index is 0.131. The van der Waals surface area contributed by atoms with Crippen molar-refractivity contribution in [2.75, 3.05) is 0 Å². The number of halogens is 2. The summed E-state index contributed by atoms with van der Waals surface area (Å²) in [6.07, 6.45) is 1.02. The highest BCUT2D eigenvalue weighted by molar-refractivity contribution is 5.29. The summed E-state index contributed by atoms with van der Waals surface area (Å²) in [6, 6.07) is 14.2. The second kappa shape index (κ2) is 5.33. The molecule has 1 aliphatic carbocycles. The van der Waals surface area contributed by atoms with Crippen molar-refractivity contribution in [3.63, 3.8) is 0 Å². The average molecular weight is 273 g/mol. The Morgan fingerprint density at radius 3 is 2.30 bits per heavy atom. The van der Waals surface area contributed by atoms with E-state index in [9.17, 15) is 8.78 Å². The molecular weight excluding hydrogens is 256 g/mol. The van der Waals surface area contributed by atoms with Gasteiger partial charge in [-0.25, -0.2) is 8.78 Å². The standard InChI is InChI=1S/C17H17F2N/c1-11(17-14(18)8-5-9-15(17)19)20-16-10-13(16)12-6-3-2-4-7-12/h2-9,11,13,16,20H,10H2,1H3. The fourth-order valence-electron chi connectivity index (χ4n) is 2.78. The normalized spacial score (nSPS) is 22.6. The molecule has 0 aromatic heterocycles. The lowest BCUT2D eigenvalue weighted by molar-refractivity contribution is 0.483. The maximum absolute atomic E-state index is 13.7. The van der Waals surface area contributed by atoms with E-state index in [1.807, 2.05) is 25.1 Å². The molecule has 2 aromatic rings. The van der Waals surface area contributed by atoms with Gasteiger partial charge >= 0.3 is 0 Å². The van der Waals surface area contributed by atoms with Gasteiger partial charge < -0.3 is 5.32 Å². The monoisotopic (exact) mass is 273 g/mol. The van der Waals surface area contributed by atoms with Gasteiger partial charge in [-0.3, -0.25) is 0 Å². The van der Waals surface area contributed by atoms with Crippen molar-refractivity contribution in [2.45, 2.75) is 31.3 Å². The summed E-state index contributed by atoms with van der Waals surface area (Å²) in [5.74, 6) is -0.516. The number of nitrogens with one attached hydrogen (secondary N) is 1. The van der Waals surface area contributed by atoms with Gasteiger partial charge in [0.15, 0.2) is 0 Å². The summed E-state index contributed by atoms with van der Waals surface area (Å²) in [7, 11) is 0. The Hall–Kier alpha value is -1.74. The smallest absolute Gasteiger partial charge is 0.130 e. The maximum atomic E-state index is 13.7. The molecule has 0 amide bonds. The van der Waals surface area contributed by atoms with Crippen LogP contribution in [0.2, 0.25) is 0 Å². The van der Waals surface area contributed by atoms with Crippen molar-refractivity contribution in [1.29, 1.82) is 0 Å². The molecule has 0 bridgehead atoms. The molecule has 0 spiro atoms. The zero-order chi connectivity index (χ0) is 14.1. The Morgan fingerprint density at radius 1 is 1.00 bits per heavy atom. The van der Waals surface area contributed by atoms with Crippen molar-refractivity contribution >= 4 is 0 Å². The summed E-state index contributed by atoms with van der Waals surface area (Å²) in [4.78, 5) is 0. The highest BCUT2D eigenvalue weighted by atomic mass is 19.1. The van der Waals surface area contributed by atoms with E-state index in [-0.39, 0.29) is 11.6 Å². The Morgan fingerprint density at radius 2 is 1.65 bits per heavy atom. The van der Waals surface area contributed by atoms with E-state index in [0.29, 0.717) is 12.0 Å². The average Bonchev–Trinajstić information content (AvgIpc) is 3.19. The summed E-state index contributed by atoms with van der Waals surface area (Å²) >= 11 is 0. The molecule has 1 aliphatic rings. The molecule has 2 aromatic carbocycles. The van der Waals surface area contributed by atoms with Crippen LogP contribution in [0.4, 0.5) is 8.78 Å². The van der Waals surface area contributed by atoms with Gasteiger partial charge in [0, 0.05) is 23.6 Å². The van der Waals surface area contributed by atoms with E-state index in [2.05, 4.69) is 17.4 Å². The highest BCUT2D eigenvalue weighted by Crippen LogP contribution is 2.42. The van der Waals surface area contributed by atoms with Crippen LogP contribution in [-0.2, 0) is 0 Å². The van der Waals surface area contributed by atoms with Gasteiger partial charge in [0.25, 0.3) is 0 Å². The lowest BCUT2D eigenvalue weighted by Crippen LogP contribution is -2.24. The molecule has 1 saturated carbocycles. The van der Waals surface area contributed by atoms with Crippen LogP contribution >= 0.6 is 0 Å². The van der Waals surface area contributed by atoms with Crippen LogP contribution in [0.15, 0.2) is 48.5 Å². The van der Waals surface area contributed by atoms with Crippen LogP contribution in [0.25, 0.3) is 0 Å². The zero-order valence-corrected chi connectivity index (χ0v) is 11.3. The van der Waals surface area contributed by atoms with Crippen LogP contribution in [0.5, 0.6) is 0 Å². The molecule has 20 heavy (non-hydrogen) atoms. The van der Waals surface area contributed by atoms with Gasteiger partial charge in [-0.15, -0.1) is 0 Å². The number of hydrogen-bond acceptors (Lipinski definition) is 1. The summed E-state index contributed by atoms with van der Waals surface area (Å²) < 4.78 is 27.4. The molecule has 3 atom stereocenters. The first-order valence-electron chi connectivity index (χ1n) is 6.91. The topological polar surface area (TPSA) is 12.0 Å². The molecule has 0 saturated heterocycles. The predicted molar refractivity (Wildman–Crippen MR) is 75.5 cm³/mol. The lowest BCUT2D eigenvalue weighted by atomic mass is 10.1. The first-order valence-corrected chi connectivity index (χ1v) is 6.91. The molecule has 1 N–H and O–H groups in total. The zero-order valence-electron chi connectivity index (χ0n) is 11.3. The predicted octanol–water partition coefficient (Wildman–Crippen LogP) is 4.17. The Labute approximate surface area is 117 Å². The quantitative estimate of drug-likeness (QED) is 0.881. The summed E-state index contributed by atoms with van der Waals surface area (Å²) in [6.45, 7) is 1.81. The molecule has 104 valence electrons. The van der Waals surface area contributed by atoms with Crippen LogP contribution in [-0.4, -0.2) is 6.04 Å². The SMILES string of the molecule is CC(NC1CC1c1ccccc1)c1c(F)cccc1F. The summed E-state index contributed by atoms with van der Waals surface area (Å²) in [5.41, 5.74) is 1.41. The molecule has 1 nitrogen and oxygen atoms in total. The van der Waals surface area contributed by atoms with E-state index in [0.717, 1.165) is 6.42 Å². The fourth-order valence-corrected chi connectivity index (χ4v) is 2.78. The third-order valence-corrected chi connectivity index (χ3v) is 3.91. The molecular formula is C17H17F2N. The lowest BCUT2D eigenvalue weighted by Gasteiger charge is -2.16. The van der Waals surface area contributed by atoms with E-state index in [4.69, 9.17) is 0 Å². The third-order valence-electron chi connectivity index (χ3n) is 3.91. The minimum atomic E-state index is -0.484. The third kappa shape index (κ3) is 2.59. The van der Waals surface area contributed by atoms with Gasteiger partial charge in [-0.2, -0.15) is 0 Å². The molecule has 0 radical (unpaired) electrons. The molecule has 0 aliphatic heterocycles. The van der Waals surface area contributed by atoms with Crippen molar-refractivity contribution < 1.29 is 8.78 Å². The van der Waals surface area contributed by atoms with Gasteiger partial charge in [0.2, 0.25) is 0 Å². The molecule has 1 fully saturated rings. The first-order chi connectivity index (χ1) is 9.66. The first kappa shape index (κ1) is 13.3. The van der Waals surface area contributed by atoms with E-state index < -0.39 is 11.6 Å². The van der Waals surface area contributed by atoms with Gasteiger partial charge in [-0.1, -0.05) is 36.4 Å². The highest BCUT2D eigenvalue weighted by Gasteiger charge is 2.39. The van der Waals surface area contributed by atoms with E-state index >= 15 is 0 Å². The number of rotatable bonds is 4. The van der Waals surface area contributed by atoms with Crippen molar-refractivity contribution in [2.24, 2.45) is 0 Å². The Kier molecular flexibility index (Phi) is 3.53. The Bertz CT molecular complexity index is 577. The van der Waals surface area contributed by atoms with E-state index in [1.165, 1.54) is 23.8 Å². The van der Waals surface area contributed by atoms with Crippen molar-refractivity contribution in [1.82, 2.24) is 5.32 Å². The summed E-state index contributed by atoms with van der Waals surface area (Å²) in [5, 5.41) is 3.32. The second-order valence-electron chi connectivity index (χ2n) is 5.38. The second-order valence-corrected chi connectivity index (χ2v) is 5.38. The van der Waals surface area contributed by atoms with Gasteiger partial charge in [-0.05, 0) is 31.0 Å². The van der Waals surface area contributed by atoms with Gasteiger partial charge in [0.1, 0.15) is 11.6 Å². The van der Waals surface area contributed by atoms with Crippen LogP contribution in [0.3, 0.4) is 0 Å². The van der Waals surface area contributed by atoms with Crippen LogP contribution < -0.4 is 5.32 Å². The minimum Gasteiger partial charge on any atom is -0.307 e. The molecule has 0 heterocycles. The van der Waals surface area contributed by atoms with Gasteiger partial charge in [0.05, 0.1) is 0 Å². The van der Waals surface area contributed by atoms with Crippen LogP contribution in [0.1, 0.15) is 36.4 Å².